The fourth-order valence-electron chi connectivity index (χ4n) is 4.25. The van der Waals surface area contributed by atoms with Crippen molar-refractivity contribution in [3.05, 3.63) is 53.7 Å². The van der Waals surface area contributed by atoms with Crippen LogP contribution < -0.4 is 9.80 Å². The molecule has 0 amide bonds. The Morgan fingerprint density at radius 2 is 2.00 bits per heavy atom. The second-order valence-electron chi connectivity index (χ2n) is 7.67. The number of alkyl halides is 1. The van der Waals surface area contributed by atoms with Gasteiger partial charge in [0.15, 0.2) is 5.65 Å². The molecule has 150 valence electrons. The molecule has 0 radical (unpaired) electrons. The molecule has 2 saturated heterocycles. The molecule has 2 atom stereocenters. The molecule has 0 aliphatic carbocycles. The number of aromatic nitrogens is 3. The lowest BCUT2D eigenvalue weighted by molar-refractivity contribution is 0.0981. The van der Waals surface area contributed by atoms with E-state index in [1.807, 2.05) is 36.4 Å². The number of pyridine rings is 1. The van der Waals surface area contributed by atoms with Crippen molar-refractivity contribution in [2.75, 3.05) is 36.1 Å². The lowest BCUT2D eigenvalue weighted by Crippen LogP contribution is -2.45. The number of rotatable bonds is 4. The molecule has 1 aromatic carbocycles. The largest absolute Gasteiger partial charge is 0.377 e. The van der Waals surface area contributed by atoms with Crippen LogP contribution in [0.5, 0.6) is 0 Å². The van der Waals surface area contributed by atoms with Crippen molar-refractivity contribution in [3.8, 4) is 0 Å². The van der Waals surface area contributed by atoms with Gasteiger partial charge in [0.2, 0.25) is 5.95 Å². The van der Waals surface area contributed by atoms with Gasteiger partial charge in [-0.05, 0) is 36.6 Å². The summed E-state index contributed by atoms with van der Waals surface area (Å²) >= 11 is 0. The van der Waals surface area contributed by atoms with Crippen LogP contribution in [0.25, 0.3) is 11.0 Å². The van der Waals surface area contributed by atoms with E-state index in [0.29, 0.717) is 24.8 Å². The molecule has 0 N–H and O–H groups in total. The number of fused-ring (bicyclic) bond motifs is 1. The molecule has 29 heavy (non-hydrogen) atoms. The van der Waals surface area contributed by atoms with Crippen LogP contribution in [-0.2, 0) is 11.4 Å². The van der Waals surface area contributed by atoms with Crippen molar-refractivity contribution in [1.29, 1.82) is 0 Å². The molecule has 0 bridgehead atoms. The Bertz CT molecular complexity index is 1030. The van der Waals surface area contributed by atoms with Gasteiger partial charge in [0, 0.05) is 19.3 Å². The highest BCUT2D eigenvalue weighted by Crippen LogP contribution is 2.41. The fraction of sp³-hybridized carbons (Fsp3) is 0.409. The standard InChI is InChI=1S/C22H24FN5O/c1-15-14-29-12-11-27(15)22-25-20-18(7-4-9-24-20)21(26-22)28-10-8-19(28)17-6-3-2-5-16(17)13-23/h2-7,9,15,19H,8,10-14H2,1H3/t15-,19?/m0/s1. The Kier molecular flexibility index (Phi) is 4.75. The predicted molar refractivity (Wildman–Crippen MR) is 111 cm³/mol. The van der Waals surface area contributed by atoms with Gasteiger partial charge in [0.1, 0.15) is 12.5 Å². The number of anilines is 2. The van der Waals surface area contributed by atoms with Gasteiger partial charge >= 0.3 is 0 Å². The van der Waals surface area contributed by atoms with Gasteiger partial charge in [0.25, 0.3) is 0 Å². The van der Waals surface area contributed by atoms with Gasteiger partial charge in [-0.2, -0.15) is 9.97 Å². The van der Waals surface area contributed by atoms with Crippen LogP contribution in [0.4, 0.5) is 16.2 Å². The summed E-state index contributed by atoms with van der Waals surface area (Å²) in [5.74, 6) is 1.56. The molecule has 6 nitrogen and oxygen atoms in total. The summed E-state index contributed by atoms with van der Waals surface area (Å²) in [5, 5.41) is 0.930. The first-order chi connectivity index (χ1) is 14.3. The summed E-state index contributed by atoms with van der Waals surface area (Å²) in [7, 11) is 0. The van der Waals surface area contributed by atoms with Gasteiger partial charge in [-0.25, -0.2) is 9.37 Å². The highest BCUT2D eigenvalue weighted by molar-refractivity contribution is 5.88. The average Bonchev–Trinajstić information content (AvgIpc) is 2.73. The highest BCUT2D eigenvalue weighted by atomic mass is 19.1. The number of ether oxygens (including phenoxy) is 1. The first-order valence-electron chi connectivity index (χ1n) is 10.1. The minimum atomic E-state index is -0.455. The van der Waals surface area contributed by atoms with Crippen LogP contribution in [0.1, 0.15) is 30.5 Å². The van der Waals surface area contributed by atoms with Gasteiger partial charge in [-0.3, -0.25) is 0 Å². The third-order valence-electron chi connectivity index (χ3n) is 5.91. The maximum Gasteiger partial charge on any atom is 0.229 e. The predicted octanol–water partition coefficient (Wildman–Crippen LogP) is 3.67. The van der Waals surface area contributed by atoms with Crippen LogP contribution in [-0.4, -0.2) is 47.3 Å². The van der Waals surface area contributed by atoms with Crippen molar-refractivity contribution in [1.82, 2.24) is 15.0 Å². The van der Waals surface area contributed by atoms with Gasteiger partial charge in [-0.1, -0.05) is 24.3 Å². The summed E-state index contributed by atoms with van der Waals surface area (Å²) in [5.41, 5.74) is 2.48. The first kappa shape index (κ1) is 18.2. The highest BCUT2D eigenvalue weighted by Gasteiger charge is 2.34. The van der Waals surface area contributed by atoms with E-state index in [9.17, 15) is 4.39 Å². The van der Waals surface area contributed by atoms with Crippen molar-refractivity contribution in [3.63, 3.8) is 0 Å². The zero-order valence-corrected chi connectivity index (χ0v) is 16.5. The molecule has 2 fully saturated rings. The van der Waals surface area contributed by atoms with Crippen molar-refractivity contribution >= 4 is 22.8 Å². The first-order valence-corrected chi connectivity index (χ1v) is 10.1. The van der Waals surface area contributed by atoms with E-state index in [4.69, 9.17) is 14.7 Å². The summed E-state index contributed by atoms with van der Waals surface area (Å²) in [6.07, 6.45) is 2.74. The molecule has 2 aliphatic heterocycles. The minimum absolute atomic E-state index is 0.121. The fourth-order valence-corrected chi connectivity index (χ4v) is 4.25. The maximum atomic E-state index is 13.6. The Balaban J connectivity index is 1.58. The van der Waals surface area contributed by atoms with Crippen LogP contribution in [0.3, 0.4) is 0 Å². The molecule has 5 rings (SSSR count). The Morgan fingerprint density at radius 1 is 1.10 bits per heavy atom. The quantitative estimate of drug-likeness (QED) is 0.674. The second-order valence-corrected chi connectivity index (χ2v) is 7.67. The Morgan fingerprint density at radius 3 is 2.79 bits per heavy atom. The number of hydrogen-bond acceptors (Lipinski definition) is 6. The maximum absolute atomic E-state index is 13.6. The number of benzene rings is 1. The lowest BCUT2D eigenvalue weighted by Gasteiger charge is -2.43. The number of morpholine rings is 1. The summed E-state index contributed by atoms with van der Waals surface area (Å²) < 4.78 is 19.1. The molecule has 7 heteroatoms. The molecule has 4 heterocycles. The van der Waals surface area contributed by atoms with Gasteiger partial charge < -0.3 is 14.5 Å². The van der Waals surface area contributed by atoms with E-state index in [-0.39, 0.29) is 12.1 Å². The van der Waals surface area contributed by atoms with Crippen LogP contribution >= 0.6 is 0 Å². The molecular weight excluding hydrogens is 369 g/mol. The molecule has 0 saturated carbocycles. The monoisotopic (exact) mass is 393 g/mol. The lowest BCUT2D eigenvalue weighted by atomic mass is 9.91. The van der Waals surface area contributed by atoms with Gasteiger partial charge in [0.05, 0.1) is 30.7 Å². The topological polar surface area (TPSA) is 54.4 Å². The van der Waals surface area contributed by atoms with E-state index >= 15 is 0 Å². The zero-order chi connectivity index (χ0) is 19.8. The third kappa shape index (κ3) is 3.19. The molecule has 2 aliphatic rings. The summed E-state index contributed by atoms with van der Waals surface area (Å²) in [6.45, 7) is 4.63. The summed E-state index contributed by atoms with van der Waals surface area (Å²) in [6, 6.07) is 12.0. The van der Waals surface area contributed by atoms with E-state index < -0.39 is 6.67 Å². The van der Waals surface area contributed by atoms with Crippen molar-refractivity contribution in [2.45, 2.75) is 32.1 Å². The van der Waals surface area contributed by atoms with Crippen LogP contribution in [0, 0.1) is 0 Å². The van der Waals surface area contributed by atoms with E-state index in [0.717, 1.165) is 41.8 Å². The Labute approximate surface area is 169 Å². The summed E-state index contributed by atoms with van der Waals surface area (Å²) in [4.78, 5) is 18.7. The second kappa shape index (κ2) is 7.55. The van der Waals surface area contributed by atoms with Gasteiger partial charge in [-0.15, -0.1) is 0 Å². The molecule has 2 aromatic heterocycles. The third-order valence-corrected chi connectivity index (χ3v) is 5.91. The SMILES string of the molecule is C[C@H]1COCCN1c1nc(N2CCC2c2ccccc2CF)c2cccnc2n1. The minimum Gasteiger partial charge on any atom is -0.377 e. The smallest absolute Gasteiger partial charge is 0.229 e. The molecule has 1 unspecified atom stereocenters. The molecule has 3 aromatic rings. The van der Waals surface area contributed by atoms with Crippen LogP contribution in [0.2, 0.25) is 0 Å². The average molecular weight is 393 g/mol. The van der Waals surface area contributed by atoms with E-state index in [1.165, 1.54) is 0 Å². The molecule has 0 spiro atoms. The number of nitrogens with zero attached hydrogens (tertiary/aromatic N) is 5. The normalized spacial score (nSPS) is 22.0. The van der Waals surface area contributed by atoms with Crippen LogP contribution in [0.15, 0.2) is 42.6 Å². The Hall–Kier alpha value is -2.80. The van der Waals surface area contributed by atoms with Crippen molar-refractivity contribution < 1.29 is 9.13 Å². The number of halogens is 1. The van der Waals surface area contributed by atoms with Crippen molar-refractivity contribution in [2.24, 2.45) is 0 Å². The zero-order valence-electron chi connectivity index (χ0n) is 16.5. The van der Waals surface area contributed by atoms with E-state index in [2.05, 4.69) is 21.7 Å². The number of hydrogen-bond donors (Lipinski definition) is 0. The molecular formula is C22H24FN5O. The van der Waals surface area contributed by atoms with E-state index in [1.54, 1.807) is 6.20 Å².